The van der Waals surface area contributed by atoms with E-state index in [1.165, 1.54) is 17.0 Å². The molecule has 4 rings (SSSR count). The number of para-hydroxylation sites is 2. The number of carboxylic acids is 1. The first-order chi connectivity index (χ1) is 13.1. The fourth-order valence-corrected chi connectivity index (χ4v) is 2.79. The van der Waals surface area contributed by atoms with Gasteiger partial charge in [0.1, 0.15) is 5.75 Å². The topological polar surface area (TPSA) is 118 Å². The molecule has 5 N–H and O–H groups in total. The van der Waals surface area contributed by atoms with E-state index >= 15 is 0 Å². The molecule has 0 unspecified atom stereocenters. The van der Waals surface area contributed by atoms with E-state index in [1.54, 1.807) is 24.3 Å². The van der Waals surface area contributed by atoms with Gasteiger partial charge >= 0.3 is 5.97 Å². The molecule has 2 aromatic carbocycles. The van der Waals surface area contributed by atoms with Crippen molar-refractivity contribution in [1.29, 1.82) is 0 Å². The molecular formula is C20H19N3O4. The fourth-order valence-electron chi connectivity index (χ4n) is 2.79. The third kappa shape index (κ3) is 4.22. The first kappa shape index (κ1) is 18.4. The van der Waals surface area contributed by atoms with E-state index in [0.717, 1.165) is 17.3 Å². The van der Waals surface area contributed by atoms with E-state index in [1.807, 2.05) is 24.4 Å². The molecule has 0 atom stereocenters. The van der Waals surface area contributed by atoms with Crippen LogP contribution >= 0.6 is 0 Å². The molecule has 7 nitrogen and oxygen atoms in total. The SMILES string of the molecule is O=C(O)c1nc2ccccc2cc1O.ONCCc1c[nH]c2ccccc12. The third-order valence-corrected chi connectivity index (χ3v) is 4.09. The Hall–Kier alpha value is -3.42. The van der Waals surface area contributed by atoms with Gasteiger partial charge in [0.15, 0.2) is 5.69 Å². The first-order valence-corrected chi connectivity index (χ1v) is 8.34. The third-order valence-electron chi connectivity index (χ3n) is 4.09. The van der Waals surface area contributed by atoms with E-state index < -0.39 is 5.97 Å². The van der Waals surface area contributed by atoms with Crippen molar-refractivity contribution in [2.45, 2.75) is 6.42 Å². The Kier molecular flexibility index (Phi) is 5.65. The van der Waals surface area contributed by atoms with Crippen molar-refractivity contribution < 1.29 is 20.2 Å². The minimum absolute atomic E-state index is 0.309. The van der Waals surface area contributed by atoms with Gasteiger partial charge in [-0.2, -0.15) is 0 Å². The number of carbonyl (C=O) groups is 1. The molecule has 0 bridgehead atoms. The molecule has 0 fully saturated rings. The zero-order valence-corrected chi connectivity index (χ0v) is 14.4. The molecule has 0 spiro atoms. The van der Waals surface area contributed by atoms with Gasteiger partial charge < -0.3 is 20.4 Å². The number of carboxylic acid groups (broad SMARTS) is 1. The molecule has 27 heavy (non-hydrogen) atoms. The fraction of sp³-hybridized carbons (Fsp3) is 0.100. The standard InChI is InChI=1S/C10H12N2O.C10H7NO3/c13-12-6-5-8-7-11-10-4-2-1-3-9(8)10;12-8-5-6-3-1-2-4-7(6)11-9(8)10(13)14/h1-4,7,11-13H,5-6H2;1-5,12H,(H,13,14). The molecule has 0 aliphatic rings. The van der Waals surface area contributed by atoms with Crippen molar-refractivity contribution in [3.63, 3.8) is 0 Å². The number of H-pyrrole nitrogens is 1. The molecule has 7 heteroatoms. The number of nitrogens with one attached hydrogen (secondary N) is 2. The van der Waals surface area contributed by atoms with Gasteiger partial charge in [-0.1, -0.05) is 36.4 Å². The van der Waals surface area contributed by atoms with Crippen LogP contribution in [0.3, 0.4) is 0 Å². The predicted molar refractivity (Wildman–Crippen MR) is 102 cm³/mol. The molecule has 0 saturated heterocycles. The lowest BCUT2D eigenvalue weighted by Crippen LogP contribution is -2.10. The highest BCUT2D eigenvalue weighted by atomic mass is 16.5. The summed E-state index contributed by atoms with van der Waals surface area (Å²) in [6.45, 7) is 0.585. The highest BCUT2D eigenvalue weighted by Gasteiger charge is 2.12. The maximum Gasteiger partial charge on any atom is 0.358 e. The van der Waals surface area contributed by atoms with E-state index in [0.29, 0.717) is 12.1 Å². The minimum Gasteiger partial charge on any atom is -0.505 e. The molecule has 0 aliphatic carbocycles. The Morgan fingerprint density at radius 3 is 2.63 bits per heavy atom. The Balaban J connectivity index is 0.000000156. The number of fused-ring (bicyclic) bond motifs is 2. The monoisotopic (exact) mass is 365 g/mol. The van der Waals surface area contributed by atoms with Crippen molar-refractivity contribution in [2.75, 3.05) is 6.54 Å². The number of rotatable bonds is 4. The van der Waals surface area contributed by atoms with Gasteiger partial charge in [-0.05, 0) is 30.2 Å². The van der Waals surface area contributed by atoms with Gasteiger partial charge in [-0.25, -0.2) is 15.3 Å². The number of hydrogen-bond donors (Lipinski definition) is 5. The molecule has 0 radical (unpaired) electrons. The number of nitrogens with zero attached hydrogens (tertiary/aromatic N) is 1. The van der Waals surface area contributed by atoms with Crippen LogP contribution in [0.1, 0.15) is 16.1 Å². The Bertz CT molecular complexity index is 1080. The highest BCUT2D eigenvalue weighted by Crippen LogP contribution is 2.21. The zero-order chi connectivity index (χ0) is 19.2. The van der Waals surface area contributed by atoms with Crippen LogP contribution in [0.4, 0.5) is 0 Å². The number of benzene rings is 2. The zero-order valence-electron chi connectivity index (χ0n) is 14.4. The van der Waals surface area contributed by atoms with E-state index in [4.69, 9.17) is 10.3 Å². The molecule has 138 valence electrons. The second-order valence-electron chi connectivity index (χ2n) is 5.87. The van der Waals surface area contributed by atoms with Crippen LogP contribution in [0.2, 0.25) is 0 Å². The van der Waals surface area contributed by atoms with Gasteiger partial charge in [0.2, 0.25) is 0 Å². The van der Waals surface area contributed by atoms with E-state index in [9.17, 15) is 9.90 Å². The van der Waals surface area contributed by atoms with Crippen LogP contribution in [0, 0.1) is 0 Å². The summed E-state index contributed by atoms with van der Waals surface area (Å²) in [7, 11) is 0. The van der Waals surface area contributed by atoms with E-state index in [2.05, 4.69) is 21.5 Å². The van der Waals surface area contributed by atoms with Crippen molar-refractivity contribution in [1.82, 2.24) is 15.4 Å². The second kappa shape index (κ2) is 8.31. The lowest BCUT2D eigenvalue weighted by molar-refractivity contribution is 0.0687. The van der Waals surface area contributed by atoms with Crippen LogP contribution < -0.4 is 5.48 Å². The summed E-state index contributed by atoms with van der Waals surface area (Å²) < 4.78 is 0. The number of aromatic nitrogens is 2. The molecule has 4 aromatic rings. The molecular weight excluding hydrogens is 346 g/mol. The van der Waals surface area contributed by atoms with Gasteiger partial charge in [-0.3, -0.25) is 0 Å². The summed E-state index contributed by atoms with van der Waals surface area (Å²) >= 11 is 0. The quantitative estimate of drug-likeness (QED) is 0.354. The summed E-state index contributed by atoms with van der Waals surface area (Å²) in [5.74, 6) is -1.54. The maximum absolute atomic E-state index is 10.6. The van der Waals surface area contributed by atoms with Crippen LogP contribution in [0.25, 0.3) is 21.8 Å². The lowest BCUT2D eigenvalue weighted by atomic mass is 10.1. The lowest BCUT2D eigenvalue weighted by Gasteiger charge is -2.01. The number of hydroxylamine groups is 1. The van der Waals surface area contributed by atoms with Gasteiger partial charge in [-0.15, -0.1) is 0 Å². The van der Waals surface area contributed by atoms with Gasteiger partial charge in [0.25, 0.3) is 0 Å². The number of pyridine rings is 1. The summed E-state index contributed by atoms with van der Waals surface area (Å²) in [5.41, 5.74) is 4.78. The maximum atomic E-state index is 10.6. The molecule has 2 heterocycles. The summed E-state index contributed by atoms with van der Waals surface area (Å²) in [6.07, 6.45) is 2.82. The first-order valence-electron chi connectivity index (χ1n) is 8.34. The largest absolute Gasteiger partial charge is 0.505 e. The summed E-state index contributed by atoms with van der Waals surface area (Å²) in [5, 5.41) is 28.5. The second-order valence-corrected chi connectivity index (χ2v) is 5.87. The normalized spacial score (nSPS) is 10.6. The van der Waals surface area contributed by atoms with Crippen LogP contribution in [0.5, 0.6) is 5.75 Å². The van der Waals surface area contributed by atoms with Crippen LogP contribution in [0.15, 0.2) is 60.8 Å². The summed E-state index contributed by atoms with van der Waals surface area (Å²) in [4.78, 5) is 17.7. The van der Waals surface area contributed by atoms with Gasteiger partial charge in [0.05, 0.1) is 5.52 Å². The van der Waals surface area contributed by atoms with Crippen LogP contribution in [-0.2, 0) is 6.42 Å². The minimum atomic E-state index is -1.23. The Labute approximate surface area is 154 Å². The average Bonchev–Trinajstić information content (AvgIpc) is 3.09. The van der Waals surface area contributed by atoms with Crippen molar-refractivity contribution >= 4 is 27.8 Å². The number of hydrogen-bond acceptors (Lipinski definition) is 5. The van der Waals surface area contributed by atoms with Crippen LogP contribution in [-0.4, -0.2) is 37.9 Å². The smallest absolute Gasteiger partial charge is 0.358 e. The molecule has 0 saturated carbocycles. The number of aromatic carboxylic acids is 1. The highest BCUT2D eigenvalue weighted by molar-refractivity contribution is 5.93. The predicted octanol–water partition coefficient (Wildman–Crippen LogP) is 3.33. The number of aromatic amines is 1. The Morgan fingerprint density at radius 2 is 1.85 bits per heavy atom. The summed E-state index contributed by atoms with van der Waals surface area (Å²) in [6, 6.07) is 16.6. The van der Waals surface area contributed by atoms with Crippen molar-refractivity contribution in [3.8, 4) is 5.75 Å². The van der Waals surface area contributed by atoms with E-state index in [-0.39, 0.29) is 11.4 Å². The van der Waals surface area contributed by atoms with Gasteiger partial charge in [0, 0.05) is 29.0 Å². The van der Waals surface area contributed by atoms with Crippen molar-refractivity contribution in [2.24, 2.45) is 0 Å². The number of aromatic hydroxyl groups is 1. The molecule has 0 amide bonds. The Morgan fingerprint density at radius 1 is 1.11 bits per heavy atom. The van der Waals surface area contributed by atoms with Crippen molar-refractivity contribution in [3.05, 3.63) is 72.1 Å². The molecule has 2 aromatic heterocycles. The molecule has 0 aliphatic heterocycles. The average molecular weight is 365 g/mol.